The molecule has 0 spiro atoms. The molecule has 1 aliphatic carbocycles. The molecule has 1 aliphatic rings. The van der Waals surface area contributed by atoms with Crippen molar-refractivity contribution < 1.29 is 13.5 Å². The molecule has 0 heterocycles. The highest BCUT2D eigenvalue weighted by Gasteiger charge is 2.45. The summed E-state index contributed by atoms with van der Waals surface area (Å²) in [6, 6.07) is 0. The Morgan fingerprint density at radius 3 is 2.43 bits per heavy atom. The van der Waals surface area contributed by atoms with Crippen molar-refractivity contribution in [2.75, 3.05) is 14.1 Å². The van der Waals surface area contributed by atoms with Crippen LogP contribution in [0.3, 0.4) is 0 Å². The monoisotopic (exact) mass is 218 g/mol. The molecular formula is C8H14N2O3S. The number of allylic oxidation sites excluding steroid dienone is 2. The maximum Gasteiger partial charge on any atom is 0.239 e. The highest BCUT2D eigenvalue weighted by Crippen LogP contribution is 2.23. The highest BCUT2D eigenvalue weighted by atomic mass is 32.2. The fourth-order valence-electron chi connectivity index (χ4n) is 1.18. The summed E-state index contributed by atoms with van der Waals surface area (Å²) in [7, 11) is -0.970. The number of rotatable bonds is 2. The molecule has 6 heteroatoms. The van der Waals surface area contributed by atoms with Gasteiger partial charge in [-0.1, -0.05) is 18.2 Å². The van der Waals surface area contributed by atoms with E-state index in [2.05, 4.69) is 0 Å². The van der Waals surface area contributed by atoms with Crippen LogP contribution in [0.2, 0.25) is 0 Å². The Morgan fingerprint density at radius 1 is 1.43 bits per heavy atom. The second kappa shape index (κ2) is 3.47. The van der Waals surface area contributed by atoms with Crippen LogP contribution in [0.4, 0.5) is 0 Å². The van der Waals surface area contributed by atoms with Crippen molar-refractivity contribution >= 4 is 10.0 Å². The van der Waals surface area contributed by atoms with Crippen LogP contribution >= 0.6 is 0 Å². The van der Waals surface area contributed by atoms with Gasteiger partial charge in [0, 0.05) is 14.1 Å². The molecule has 3 N–H and O–H groups in total. The molecule has 0 aromatic carbocycles. The fraction of sp³-hybridized carbons (Fsp3) is 0.500. The van der Waals surface area contributed by atoms with Crippen LogP contribution < -0.4 is 5.73 Å². The zero-order valence-corrected chi connectivity index (χ0v) is 8.90. The molecule has 0 radical (unpaired) electrons. The van der Waals surface area contributed by atoms with E-state index in [1.807, 2.05) is 0 Å². The normalized spacial score (nSPS) is 32.5. The maximum absolute atomic E-state index is 11.8. The second-order valence-electron chi connectivity index (χ2n) is 3.33. The van der Waals surface area contributed by atoms with Gasteiger partial charge in [0.05, 0.1) is 0 Å². The van der Waals surface area contributed by atoms with Crippen molar-refractivity contribution in [3.8, 4) is 0 Å². The van der Waals surface area contributed by atoms with Crippen molar-refractivity contribution in [3.63, 3.8) is 0 Å². The molecule has 2 unspecified atom stereocenters. The first-order valence-electron chi connectivity index (χ1n) is 4.07. The minimum Gasteiger partial charge on any atom is -0.386 e. The third kappa shape index (κ3) is 1.50. The third-order valence-electron chi connectivity index (χ3n) is 2.15. The first-order valence-corrected chi connectivity index (χ1v) is 5.51. The molecule has 0 fully saturated rings. The summed E-state index contributed by atoms with van der Waals surface area (Å²) in [4.78, 5) is -1.76. The molecule has 0 saturated carbocycles. The Bertz CT molecular complexity index is 372. The van der Waals surface area contributed by atoms with Gasteiger partial charge in [-0.15, -0.1) is 0 Å². The van der Waals surface area contributed by atoms with Crippen molar-refractivity contribution in [1.29, 1.82) is 0 Å². The van der Waals surface area contributed by atoms with Gasteiger partial charge < -0.3 is 10.8 Å². The van der Waals surface area contributed by atoms with E-state index in [1.54, 1.807) is 6.08 Å². The van der Waals surface area contributed by atoms with Gasteiger partial charge in [0.15, 0.2) is 4.87 Å². The number of nitrogens with two attached hydrogens (primary N) is 1. The Morgan fingerprint density at radius 2 is 2.00 bits per heavy atom. The topological polar surface area (TPSA) is 83.6 Å². The van der Waals surface area contributed by atoms with Gasteiger partial charge in [-0.2, -0.15) is 0 Å². The van der Waals surface area contributed by atoms with Gasteiger partial charge in [-0.3, -0.25) is 0 Å². The van der Waals surface area contributed by atoms with Crippen LogP contribution in [0.25, 0.3) is 0 Å². The summed E-state index contributed by atoms with van der Waals surface area (Å²) >= 11 is 0. The number of sulfonamides is 1. The second-order valence-corrected chi connectivity index (χ2v) is 5.72. The number of hydrogen-bond donors (Lipinski definition) is 2. The molecular weight excluding hydrogens is 204 g/mol. The lowest BCUT2D eigenvalue weighted by atomic mass is 10.1. The number of aliphatic hydroxyl groups excluding tert-OH is 1. The quantitative estimate of drug-likeness (QED) is 0.624. The van der Waals surface area contributed by atoms with Crippen LogP contribution in [0.15, 0.2) is 24.3 Å². The molecule has 0 amide bonds. The van der Waals surface area contributed by atoms with Crippen molar-refractivity contribution in [1.82, 2.24) is 4.31 Å². The van der Waals surface area contributed by atoms with Crippen LogP contribution in [0.5, 0.6) is 0 Å². The zero-order valence-electron chi connectivity index (χ0n) is 8.08. The molecule has 5 nitrogen and oxygen atoms in total. The Labute approximate surface area is 83.6 Å². The smallest absolute Gasteiger partial charge is 0.239 e. The average Bonchev–Trinajstić information content (AvgIpc) is 2.09. The lowest BCUT2D eigenvalue weighted by Crippen LogP contribution is -2.59. The van der Waals surface area contributed by atoms with Gasteiger partial charge >= 0.3 is 0 Å². The molecule has 0 aliphatic heterocycles. The van der Waals surface area contributed by atoms with E-state index in [-0.39, 0.29) is 0 Å². The summed E-state index contributed by atoms with van der Waals surface area (Å²) in [5.41, 5.74) is 5.66. The summed E-state index contributed by atoms with van der Waals surface area (Å²) in [5, 5.41) is 9.54. The SMILES string of the molecule is CN(C)S(=O)(=O)C1(N)C=CC=CC1O. The zero-order chi connectivity index (χ0) is 11.0. The lowest BCUT2D eigenvalue weighted by molar-refractivity contribution is 0.186. The Hall–Kier alpha value is -0.690. The highest BCUT2D eigenvalue weighted by molar-refractivity contribution is 7.90. The van der Waals surface area contributed by atoms with Gasteiger partial charge in [-0.05, 0) is 6.08 Å². The van der Waals surface area contributed by atoms with E-state index in [4.69, 9.17) is 5.73 Å². The minimum atomic E-state index is -3.73. The first-order chi connectivity index (χ1) is 6.32. The van der Waals surface area contributed by atoms with Crippen LogP contribution in [0.1, 0.15) is 0 Å². The first kappa shape index (κ1) is 11.4. The number of aliphatic hydroxyl groups is 1. The van der Waals surface area contributed by atoms with Gasteiger partial charge in [-0.25, -0.2) is 12.7 Å². The van der Waals surface area contributed by atoms with Gasteiger partial charge in [0.25, 0.3) is 0 Å². The molecule has 14 heavy (non-hydrogen) atoms. The van der Waals surface area contributed by atoms with E-state index in [0.29, 0.717) is 0 Å². The average molecular weight is 218 g/mol. The predicted octanol–water partition coefficient (Wildman–Crippen LogP) is -0.980. The largest absolute Gasteiger partial charge is 0.386 e. The van der Waals surface area contributed by atoms with E-state index in [1.165, 1.54) is 32.3 Å². The van der Waals surface area contributed by atoms with E-state index >= 15 is 0 Å². The fourth-order valence-corrected chi connectivity index (χ4v) is 2.45. The molecule has 80 valence electrons. The summed E-state index contributed by atoms with van der Waals surface area (Å²) in [5.74, 6) is 0. The standard InChI is InChI=1S/C8H14N2O3S/c1-10(2)14(12,13)8(9)6-4-3-5-7(8)11/h3-7,11H,9H2,1-2H3. The van der Waals surface area contributed by atoms with Gasteiger partial charge in [0.2, 0.25) is 10.0 Å². The molecule has 0 bridgehead atoms. The Kier molecular flexibility index (Phi) is 2.82. The Balaban J connectivity index is 3.20. The predicted molar refractivity (Wildman–Crippen MR) is 53.8 cm³/mol. The third-order valence-corrected chi connectivity index (χ3v) is 4.38. The van der Waals surface area contributed by atoms with Crippen molar-refractivity contribution in [2.45, 2.75) is 11.0 Å². The van der Waals surface area contributed by atoms with Crippen molar-refractivity contribution in [3.05, 3.63) is 24.3 Å². The van der Waals surface area contributed by atoms with Gasteiger partial charge in [0.1, 0.15) is 6.10 Å². The molecule has 0 saturated heterocycles. The summed E-state index contributed by atoms with van der Waals surface area (Å²) < 4.78 is 24.5. The summed E-state index contributed by atoms with van der Waals surface area (Å²) in [6.07, 6.45) is 4.47. The number of hydrogen-bond acceptors (Lipinski definition) is 4. The van der Waals surface area contributed by atoms with Crippen LogP contribution in [-0.4, -0.2) is 42.9 Å². The van der Waals surface area contributed by atoms with Crippen LogP contribution in [0, 0.1) is 0 Å². The van der Waals surface area contributed by atoms with E-state index in [0.717, 1.165) is 4.31 Å². The van der Waals surface area contributed by atoms with E-state index < -0.39 is 21.0 Å². The minimum absolute atomic E-state index is 1.000. The van der Waals surface area contributed by atoms with Crippen LogP contribution in [-0.2, 0) is 10.0 Å². The lowest BCUT2D eigenvalue weighted by Gasteiger charge is -2.33. The number of nitrogens with zero attached hydrogens (tertiary/aromatic N) is 1. The molecule has 1 rings (SSSR count). The summed E-state index contributed by atoms with van der Waals surface area (Å²) in [6.45, 7) is 0. The van der Waals surface area contributed by atoms with Crippen molar-refractivity contribution in [2.24, 2.45) is 5.73 Å². The molecule has 2 atom stereocenters. The molecule has 0 aromatic heterocycles. The van der Waals surface area contributed by atoms with E-state index in [9.17, 15) is 13.5 Å². The maximum atomic E-state index is 11.8. The molecule has 0 aromatic rings.